The van der Waals surface area contributed by atoms with E-state index in [4.69, 9.17) is 0 Å². The molecule has 2 rings (SSSR count). The van der Waals surface area contributed by atoms with Crippen molar-refractivity contribution in [3.8, 4) is 0 Å². The van der Waals surface area contributed by atoms with Gasteiger partial charge in [-0.05, 0) is 19.3 Å². The van der Waals surface area contributed by atoms with Crippen LogP contribution in [0.2, 0.25) is 0 Å². The van der Waals surface area contributed by atoms with E-state index in [9.17, 15) is 9.59 Å². The van der Waals surface area contributed by atoms with E-state index in [-0.39, 0.29) is 23.4 Å². The summed E-state index contributed by atoms with van der Waals surface area (Å²) in [6, 6.07) is -0.252. The van der Waals surface area contributed by atoms with Crippen molar-refractivity contribution in [3.63, 3.8) is 0 Å². The number of hydrogen-bond donors (Lipinski definition) is 2. The average molecular weight is 168 g/mol. The smallest absolute Gasteiger partial charge is 0.321 e. The predicted octanol–water partition coefficient (Wildman–Crippen LogP) is 0.385. The summed E-state index contributed by atoms with van der Waals surface area (Å²) in [5, 5.41) is 5.08. The zero-order chi connectivity index (χ0) is 8.77. The Balaban J connectivity index is 2.23. The Hall–Kier alpha value is -1.06. The lowest BCUT2D eigenvalue weighted by Crippen LogP contribution is -2.69. The lowest BCUT2D eigenvalue weighted by molar-refractivity contribution is -0.139. The fraction of sp³-hybridized carbons (Fsp3) is 0.750. The molecule has 2 atom stereocenters. The Morgan fingerprint density at radius 1 is 1.58 bits per heavy atom. The van der Waals surface area contributed by atoms with E-state index in [1.165, 1.54) is 0 Å². The van der Waals surface area contributed by atoms with Gasteiger partial charge in [0, 0.05) is 6.04 Å². The highest BCUT2D eigenvalue weighted by atomic mass is 16.2. The molecule has 2 N–H and O–H groups in total. The van der Waals surface area contributed by atoms with Crippen LogP contribution in [-0.2, 0) is 4.79 Å². The Kier molecular flexibility index (Phi) is 1.40. The average Bonchev–Trinajstić information content (AvgIpc) is 1.98. The minimum absolute atomic E-state index is 0.0868. The largest absolute Gasteiger partial charge is 0.334 e. The highest BCUT2D eigenvalue weighted by Crippen LogP contribution is 2.45. The van der Waals surface area contributed by atoms with E-state index in [0.717, 1.165) is 19.3 Å². The van der Waals surface area contributed by atoms with Gasteiger partial charge in [0.2, 0.25) is 5.91 Å². The van der Waals surface area contributed by atoms with Gasteiger partial charge in [-0.2, -0.15) is 0 Å². The monoisotopic (exact) mass is 168 g/mol. The molecule has 3 amide bonds. The Morgan fingerprint density at radius 2 is 2.33 bits per heavy atom. The zero-order valence-corrected chi connectivity index (χ0v) is 7.02. The number of carbonyl (C=O) groups excluding carboxylic acids is 2. The van der Waals surface area contributed by atoms with Gasteiger partial charge in [-0.25, -0.2) is 4.79 Å². The van der Waals surface area contributed by atoms with Crippen LogP contribution >= 0.6 is 0 Å². The topological polar surface area (TPSA) is 58.2 Å². The van der Waals surface area contributed by atoms with Gasteiger partial charge < -0.3 is 5.32 Å². The van der Waals surface area contributed by atoms with Gasteiger partial charge >= 0.3 is 6.03 Å². The molecular formula is C8H12N2O2. The lowest BCUT2D eigenvalue weighted by Gasteiger charge is -2.50. The van der Waals surface area contributed by atoms with Crippen LogP contribution in [0.4, 0.5) is 4.79 Å². The van der Waals surface area contributed by atoms with Crippen LogP contribution in [0, 0.1) is 5.41 Å². The van der Waals surface area contributed by atoms with Crippen LogP contribution in [0.25, 0.3) is 0 Å². The highest BCUT2D eigenvalue weighted by molar-refractivity contribution is 6.01. The van der Waals surface area contributed by atoms with Crippen LogP contribution in [0.3, 0.4) is 0 Å². The maximum absolute atomic E-state index is 11.4. The third-order valence-corrected chi connectivity index (χ3v) is 3.16. The molecule has 4 nitrogen and oxygen atoms in total. The van der Waals surface area contributed by atoms with Crippen molar-refractivity contribution in [2.24, 2.45) is 5.41 Å². The fourth-order valence-electron chi connectivity index (χ4n) is 2.12. The second-order valence-corrected chi connectivity index (χ2v) is 3.53. The minimum Gasteiger partial charge on any atom is -0.334 e. The Morgan fingerprint density at radius 3 is 2.75 bits per heavy atom. The highest BCUT2D eigenvalue weighted by Gasteiger charge is 2.54. The van der Waals surface area contributed by atoms with Gasteiger partial charge in [-0.15, -0.1) is 0 Å². The Bertz CT molecular complexity index is 247. The molecule has 0 spiro atoms. The molecule has 0 aromatic carbocycles. The van der Waals surface area contributed by atoms with Crippen molar-refractivity contribution >= 4 is 11.9 Å². The fourth-order valence-corrected chi connectivity index (χ4v) is 2.12. The van der Waals surface area contributed by atoms with E-state index in [1.807, 2.05) is 6.92 Å². The third kappa shape index (κ3) is 0.722. The van der Waals surface area contributed by atoms with Gasteiger partial charge in [0.25, 0.3) is 0 Å². The normalized spacial score (nSPS) is 39.2. The molecule has 12 heavy (non-hydrogen) atoms. The maximum atomic E-state index is 11.4. The van der Waals surface area contributed by atoms with Gasteiger partial charge in [0.05, 0.1) is 5.41 Å². The van der Waals surface area contributed by atoms with Crippen LogP contribution in [0.15, 0.2) is 0 Å². The van der Waals surface area contributed by atoms with Crippen LogP contribution < -0.4 is 10.6 Å². The van der Waals surface area contributed by atoms with Crippen LogP contribution in [0.1, 0.15) is 26.2 Å². The van der Waals surface area contributed by atoms with Gasteiger partial charge in [-0.3, -0.25) is 10.1 Å². The summed E-state index contributed by atoms with van der Waals surface area (Å²) in [5.74, 6) is -0.0926. The molecule has 2 unspecified atom stereocenters. The second kappa shape index (κ2) is 2.21. The summed E-state index contributed by atoms with van der Waals surface area (Å²) in [6.45, 7) is 1.99. The summed E-state index contributed by atoms with van der Waals surface area (Å²) in [6.07, 6.45) is 2.65. The first-order chi connectivity index (χ1) is 5.69. The number of hydrogen-bond acceptors (Lipinski definition) is 2. The molecule has 1 heterocycles. The minimum atomic E-state index is -0.339. The number of imide groups is 1. The first-order valence-electron chi connectivity index (χ1n) is 4.31. The molecule has 0 aromatic heterocycles. The quantitative estimate of drug-likeness (QED) is 0.594. The van der Waals surface area contributed by atoms with Gasteiger partial charge in [0.1, 0.15) is 0 Å². The van der Waals surface area contributed by atoms with Crippen molar-refractivity contribution in [3.05, 3.63) is 0 Å². The number of carbonyl (C=O) groups is 2. The van der Waals surface area contributed by atoms with E-state index in [1.54, 1.807) is 0 Å². The van der Waals surface area contributed by atoms with E-state index in [0.29, 0.717) is 0 Å². The molecule has 0 aromatic rings. The van der Waals surface area contributed by atoms with Crippen molar-refractivity contribution in [1.29, 1.82) is 0 Å². The molecule has 1 aliphatic carbocycles. The zero-order valence-electron chi connectivity index (χ0n) is 7.02. The van der Waals surface area contributed by atoms with Gasteiger partial charge in [-0.1, -0.05) is 6.92 Å². The SMILES string of the molecule is CCC12CCC1NC(=O)NC2=O. The number of fused-ring (bicyclic) bond motifs is 1. The van der Waals surface area contributed by atoms with E-state index >= 15 is 0 Å². The molecule has 2 aliphatic rings. The van der Waals surface area contributed by atoms with Gasteiger partial charge in [0.15, 0.2) is 0 Å². The molecule has 66 valence electrons. The van der Waals surface area contributed by atoms with Crippen molar-refractivity contribution in [1.82, 2.24) is 10.6 Å². The van der Waals surface area contributed by atoms with Crippen molar-refractivity contribution in [2.75, 3.05) is 0 Å². The number of rotatable bonds is 1. The molecule has 0 bridgehead atoms. The van der Waals surface area contributed by atoms with E-state index < -0.39 is 0 Å². The summed E-state index contributed by atoms with van der Waals surface area (Å²) in [5.41, 5.74) is -0.284. The number of amides is 3. The summed E-state index contributed by atoms with van der Waals surface area (Å²) in [7, 11) is 0. The molecule has 4 heteroatoms. The Labute approximate surface area is 70.7 Å². The second-order valence-electron chi connectivity index (χ2n) is 3.53. The molecule has 1 saturated carbocycles. The van der Waals surface area contributed by atoms with E-state index in [2.05, 4.69) is 10.6 Å². The maximum Gasteiger partial charge on any atom is 0.321 e. The number of nitrogens with one attached hydrogen (secondary N) is 2. The molecular weight excluding hydrogens is 156 g/mol. The molecule has 2 fully saturated rings. The number of urea groups is 1. The summed E-state index contributed by atoms with van der Waals surface area (Å²) >= 11 is 0. The summed E-state index contributed by atoms with van der Waals surface area (Å²) < 4.78 is 0. The standard InChI is InChI=1S/C8H12N2O2/c1-2-8-4-3-5(8)9-7(12)10-6(8)11/h5H,2-4H2,1H3,(H2,9,10,11,12). The van der Waals surface area contributed by atoms with Crippen molar-refractivity contribution < 1.29 is 9.59 Å². The van der Waals surface area contributed by atoms with Crippen LogP contribution in [-0.4, -0.2) is 18.0 Å². The van der Waals surface area contributed by atoms with Crippen molar-refractivity contribution in [2.45, 2.75) is 32.2 Å². The summed E-state index contributed by atoms with van der Waals surface area (Å²) in [4.78, 5) is 22.3. The van der Waals surface area contributed by atoms with Crippen LogP contribution in [0.5, 0.6) is 0 Å². The molecule has 0 radical (unpaired) electrons. The first kappa shape index (κ1) is 7.58. The predicted molar refractivity (Wildman–Crippen MR) is 42.4 cm³/mol. The lowest BCUT2D eigenvalue weighted by atomic mass is 9.61. The first-order valence-corrected chi connectivity index (χ1v) is 4.31. The third-order valence-electron chi connectivity index (χ3n) is 3.16. The molecule has 1 aliphatic heterocycles. The molecule has 1 saturated heterocycles.